The molecule has 0 aromatic heterocycles. The van der Waals surface area contributed by atoms with Gasteiger partial charge in [-0.1, -0.05) is 0 Å². The zero-order chi connectivity index (χ0) is 9.26. The van der Waals surface area contributed by atoms with Crippen molar-refractivity contribution in [2.24, 2.45) is 0 Å². The van der Waals surface area contributed by atoms with E-state index in [4.69, 9.17) is 0 Å². The van der Waals surface area contributed by atoms with Crippen LogP contribution in [-0.2, 0) is 0 Å². The topological polar surface area (TPSA) is 6.02 Å². The van der Waals surface area contributed by atoms with Crippen LogP contribution >= 0.6 is 11.8 Å². The van der Waals surface area contributed by atoms with Crippen LogP contribution in [0.5, 0.6) is 0 Å². The molecule has 2 heterocycles. The van der Waals surface area contributed by atoms with Crippen LogP contribution in [-0.4, -0.2) is 59.6 Å². The van der Waals surface area contributed by atoms with Crippen molar-refractivity contribution >= 4 is 11.8 Å². The Kier molecular flexibility index (Phi) is 3.17. The highest BCUT2D eigenvalue weighted by Gasteiger charge is 2.29. The molecule has 2 rings (SSSR count). The lowest BCUT2D eigenvalue weighted by molar-refractivity contribution is 0.548. The van der Waals surface area contributed by atoms with Gasteiger partial charge >= 0.3 is 0 Å². The highest BCUT2D eigenvalue weighted by Crippen LogP contribution is 2.18. The van der Waals surface area contributed by atoms with Crippen molar-refractivity contribution in [2.75, 3.05) is 37.7 Å². The first-order valence-corrected chi connectivity index (χ1v) is 6.48. The molecule has 0 saturated carbocycles. The van der Waals surface area contributed by atoms with Gasteiger partial charge in [-0.05, 0) is 13.8 Å². The summed E-state index contributed by atoms with van der Waals surface area (Å²) in [6.45, 7) is 9.90. The monoisotopic (exact) mass is 200 g/mol. The fourth-order valence-corrected chi connectivity index (χ4v) is 2.60. The fraction of sp³-hybridized carbons (Fsp3) is 1.00. The van der Waals surface area contributed by atoms with Gasteiger partial charge in [0.1, 0.15) is 0 Å². The van der Waals surface area contributed by atoms with Crippen LogP contribution in [0.1, 0.15) is 13.8 Å². The van der Waals surface area contributed by atoms with Gasteiger partial charge in [-0.25, -0.2) is 0 Å². The van der Waals surface area contributed by atoms with E-state index in [1.54, 1.807) is 0 Å². The molecule has 2 aliphatic heterocycles. The largest absolute Gasteiger partial charge is 0.297 e. The maximum Gasteiger partial charge on any atom is 0.0196 e. The third kappa shape index (κ3) is 3.15. The van der Waals surface area contributed by atoms with E-state index in [0.29, 0.717) is 0 Å². The molecule has 0 aromatic rings. The van der Waals surface area contributed by atoms with Crippen molar-refractivity contribution in [3.05, 3.63) is 0 Å². The van der Waals surface area contributed by atoms with Crippen LogP contribution in [0.3, 0.4) is 0 Å². The molecule has 0 radical (unpaired) electrons. The molecule has 13 heavy (non-hydrogen) atoms. The SMILES string of the molecule is CC1CN1CCSCCN1CC1C. The third-order valence-electron chi connectivity index (χ3n) is 3.02. The summed E-state index contributed by atoms with van der Waals surface area (Å²) in [6.07, 6.45) is 0. The van der Waals surface area contributed by atoms with Crippen molar-refractivity contribution in [3.63, 3.8) is 0 Å². The molecule has 2 fully saturated rings. The van der Waals surface area contributed by atoms with Gasteiger partial charge in [0.2, 0.25) is 0 Å². The number of hydrogen-bond donors (Lipinski definition) is 0. The van der Waals surface area contributed by atoms with Gasteiger partial charge in [0.25, 0.3) is 0 Å². The molecule has 2 aliphatic rings. The van der Waals surface area contributed by atoms with Crippen LogP contribution in [0, 0.1) is 0 Å². The van der Waals surface area contributed by atoms with Crippen molar-refractivity contribution in [1.29, 1.82) is 0 Å². The molecular weight excluding hydrogens is 180 g/mol. The van der Waals surface area contributed by atoms with Gasteiger partial charge in [-0.2, -0.15) is 11.8 Å². The molecule has 0 N–H and O–H groups in total. The number of nitrogens with zero attached hydrogens (tertiary/aromatic N) is 2. The molecule has 2 saturated heterocycles. The summed E-state index contributed by atoms with van der Waals surface area (Å²) in [7, 11) is 0. The number of thioether (sulfide) groups is 1. The lowest BCUT2D eigenvalue weighted by Gasteiger charge is -2.03. The highest BCUT2D eigenvalue weighted by molar-refractivity contribution is 7.99. The lowest BCUT2D eigenvalue weighted by Crippen LogP contribution is -2.08. The maximum absolute atomic E-state index is 2.53. The molecule has 4 atom stereocenters. The predicted octanol–water partition coefficient (Wildman–Crippen LogP) is 1.13. The predicted molar refractivity (Wildman–Crippen MR) is 59.4 cm³/mol. The first-order chi connectivity index (χ1) is 6.27. The Hall–Kier alpha value is 0.270. The molecule has 2 nitrogen and oxygen atoms in total. The smallest absolute Gasteiger partial charge is 0.0196 e. The van der Waals surface area contributed by atoms with Gasteiger partial charge < -0.3 is 0 Å². The van der Waals surface area contributed by atoms with E-state index in [0.717, 1.165) is 12.1 Å². The van der Waals surface area contributed by atoms with Crippen LogP contribution < -0.4 is 0 Å². The number of rotatable bonds is 6. The van der Waals surface area contributed by atoms with Gasteiger partial charge in [-0.3, -0.25) is 9.80 Å². The Morgan fingerprint density at radius 2 is 1.38 bits per heavy atom. The summed E-state index contributed by atoms with van der Waals surface area (Å²) < 4.78 is 0. The molecule has 0 aromatic carbocycles. The fourth-order valence-electron chi connectivity index (χ4n) is 1.67. The second kappa shape index (κ2) is 4.20. The van der Waals surface area contributed by atoms with Crippen molar-refractivity contribution in [1.82, 2.24) is 9.80 Å². The summed E-state index contributed by atoms with van der Waals surface area (Å²) in [6, 6.07) is 1.76. The van der Waals surface area contributed by atoms with Crippen LogP contribution in [0.25, 0.3) is 0 Å². The van der Waals surface area contributed by atoms with E-state index < -0.39 is 0 Å². The average molecular weight is 200 g/mol. The maximum atomic E-state index is 2.53. The third-order valence-corrected chi connectivity index (χ3v) is 3.97. The summed E-state index contributed by atoms with van der Waals surface area (Å²) in [5.74, 6) is 2.65. The van der Waals surface area contributed by atoms with Crippen LogP contribution in [0.2, 0.25) is 0 Å². The molecule has 0 bridgehead atoms. The quantitative estimate of drug-likeness (QED) is 0.468. The first kappa shape index (κ1) is 9.81. The standard InChI is InChI=1S/C10H20N2S/c1-9-7-11(9)3-5-13-6-4-12-8-10(12)2/h9-10H,3-8H2,1-2H3. The molecule has 4 unspecified atom stereocenters. The molecule has 0 aliphatic carbocycles. The number of hydrogen-bond acceptors (Lipinski definition) is 3. The summed E-state index contributed by atoms with van der Waals surface area (Å²) in [5.41, 5.74) is 0. The lowest BCUT2D eigenvalue weighted by atomic mass is 10.6. The molecule has 0 spiro atoms. The minimum absolute atomic E-state index is 0.882. The first-order valence-electron chi connectivity index (χ1n) is 5.33. The molecule has 0 amide bonds. The van der Waals surface area contributed by atoms with Crippen molar-refractivity contribution in [3.8, 4) is 0 Å². The van der Waals surface area contributed by atoms with Crippen molar-refractivity contribution in [2.45, 2.75) is 25.9 Å². The van der Waals surface area contributed by atoms with Crippen molar-refractivity contribution < 1.29 is 0 Å². The van der Waals surface area contributed by atoms with Crippen LogP contribution in [0.15, 0.2) is 0 Å². The Labute approximate surface area is 85.7 Å². The highest BCUT2D eigenvalue weighted by atomic mass is 32.2. The second-order valence-corrected chi connectivity index (χ2v) is 5.53. The van der Waals surface area contributed by atoms with E-state index in [1.807, 2.05) is 0 Å². The van der Waals surface area contributed by atoms with Crippen LogP contribution in [0.4, 0.5) is 0 Å². The zero-order valence-electron chi connectivity index (χ0n) is 8.70. The molecule has 3 heteroatoms. The summed E-state index contributed by atoms with van der Waals surface area (Å²) in [5, 5.41) is 0. The van der Waals surface area contributed by atoms with E-state index in [2.05, 4.69) is 35.4 Å². The second-order valence-electron chi connectivity index (χ2n) is 4.30. The van der Waals surface area contributed by atoms with E-state index in [9.17, 15) is 0 Å². The molecule has 76 valence electrons. The Morgan fingerprint density at radius 3 is 1.69 bits per heavy atom. The normalized spacial score (nSPS) is 42.0. The molecular formula is C10H20N2S. The minimum Gasteiger partial charge on any atom is -0.297 e. The zero-order valence-corrected chi connectivity index (χ0v) is 9.52. The Morgan fingerprint density at radius 1 is 1.00 bits per heavy atom. The summed E-state index contributed by atoms with van der Waals surface area (Å²) >= 11 is 2.11. The average Bonchev–Trinajstić information content (AvgIpc) is 2.95. The Balaban J connectivity index is 1.37. The minimum atomic E-state index is 0.882. The van der Waals surface area contributed by atoms with Gasteiger partial charge in [0.05, 0.1) is 0 Å². The van der Waals surface area contributed by atoms with E-state index >= 15 is 0 Å². The van der Waals surface area contributed by atoms with Gasteiger partial charge in [0, 0.05) is 49.8 Å². The van der Waals surface area contributed by atoms with E-state index in [-0.39, 0.29) is 0 Å². The van der Waals surface area contributed by atoms with E-state index in [1.165, 1.54) is 37.7 Å². The van der Waals surface area contributed by atoms with Gasteiger partial charge in [-0.15, -0.1) is 0 Å². The van der Waals surface area contributed by atoms with Gasteiger partial charge in [0.15, 0.2) is 0 Å². The Bertz CT molecular complexity index is 156. The summed E-state index contributed by atoms with van der Waals surface area (Å²) in [4.78, 5) is 5.07.